The number of aryl methyl sites for hydroxylation is 2. The molecule has 1 atom stereocenters. The highest BCUT2D eigenvalue weighted by Gasteiger charge is 2.25. The second-order valence-electron chi connectivity index (χ2n) is 6.21. The van der Waals surface area contributed by atoms with Gasteiger partial charge in [0.2, 0.25) is 0 Å². The second-order valence-corrected chi connectivity index (χ2v) is 7.10. The number of aromatic nitrogens is 1. The SMILES string of the molecule is Cc1ccc(-c2csc(C(N)C(C)(C)C)n2)cc1C. The molecule has 2 aromatic rings. The molecule has 0 amide bonds. The molecular formula is C16H22N2S. The molecule has 102 valence electrons. The fourth-order valence-electron chi connectivity index (χ4n) is 1.83. The molecule has 0 saturated heterocycles. The summed E-state index contributed by atoms with van der Waals surface area (Å²) in [6.07, 6.45) is 0. The first kappa shape index (κ1) is 14.2. The fourth-order valence-corrected chi connectivity index (χ4v) is 2.91. The van der Waals surface area contributed by atoms with Crippen molar-refractivity contribution in [3.8, 4) is 11.3 Å². The van der Waals surface area contributed by atoms with Gasteiger partial charge in [-0.2, -0.15) is 0 Å². The van der Waals surface area contributed by atoms with Gasteiger partial charge >= 0.3 is 0 Å². The van der Waals surface area contributed by atoms with Crippen LogP contribution in [0.1, 0.15) is 42.9 Å². The lowest BCUT2D eigenvalue weighted by Gasteiger charge is -2.24. The highest BCUT2D eigenvalue weighted by atomic mass is 32.1. The van der Waals surface area contributed by atoms with Crippen LogP contribution < -0.4 is 5.73 Å². The van der Waals surface area contributed by atoms with Crippen LogP contribution in [-0.4, -0.2) is 4.98 Å². The summed E-state index contributed by atoms with van der Waals surface area (Å²) in [7, 11) is 0. The van der Waals surface area contributed by atoms with Crippen LogP contribution in [0.15, 0.2) is 23.6 Å². The predicted octanol–water partition coefficient (Wildman–Crippen LogP) is 4.47. The zero-order valence-electron chi connectivity index (χ0n) is 12.3. The number of hydrogen-bond acceptors (Lipinski definition) is 3. The van der Waals surface area contributed by atoms with Crippen molar-refractivity contribution in [2.45, 2.75) is 40.7 Å². The van der Waals surface area contributed by atoms with Gasteiger partial charge in [0.25, 0.3) is 0 Å². The quantitative estimate of drug-likeness (QED) is 0.877. The van der Waals surface area contributed by atoms with E-state index in [9.17, 15) is 0 Å². The third-order valence-electron chi connectivity index (χ3n) is 3.52. The fraction of sp³-hybridized carbons (Fsp3) is 0.438. The van der Waals surface area contributed by atoms with Crippen LogP contribution in [0.5, 0.6) is 0 Å². The van der Waals surface area contributed by atoms with Crippen LogP contribution in [0.2, 0.25) is 0 Å². The Morgan fingerprint density at radius 2 is 1.84 bits per heavy atom. The normalized spacial score (nSPS) is 13.6. The topological polar surface area (TPSA) is 38.9 Å². The van der Waals surface area contributed by atoms with Gasteiger partial charge in [0, 0.05) is 10.9 Å². The van der Waals surface area contributed by atoms with Gasteiger partial charge in [-0.15, -0.1) is 11.3 Å². The molecule has 0 aliphatic carbocycles. The first-order valence-corrected chi connectivity index (χ1v) is 7.45. The molecule has 1 heterocycles. The maximum atomic E-state index is 6.27. The Morgan fingerprint density at radius 3 is 2.42 bits per heavy atom. The minimum atomic E-state index is -0.0159. The van der Waals surface area contributed by atoms with Crippen molar-refractivity contribution in [1.82, 2.24) is 4.98 Å². The smallest absolute Gasteiger partial charge is 0.111 e. The number of rotatable bonds is 2. The van der Waals surface area contributed by atoms with E-state index < -0.39 is 0 Å². The Bertz CT molecular complexity index is 579. The van der Waals surface area contributed by atoms with E-state index >= 15 is 0 Å². The Morgan fingerprint density at radius 1 is 1.16 bits per heavy atom. The Kier molecular flexibility index (Phi) is 3.79. The molecule has 2 N–H and O–H groups in total. The molecular weight excluding hydrogens is 252 g/mol. The summed E-state index contributed by atoms with van der Waals surface area (Å²) in [6.45, 7) is 10.7. The van der Waals surface area contributed by atoms with Gasteiger partial charge in [0.15, 0.2) is 0 Å². The third-order valence-corrected chi connectivity index (χ3v) is 4.45. The molecule has 0 radical (unpaired) electrons. The first-order chi connectivity index (χ1) is 8.79. The average Bonchev–Trinajstić information content (AvgIpc) is 2.79. The number of nitrogens with zero attached hydrogens (tertiary/aromatic N) is 1. The summed E-state index contributed by atoms with van der Waals surface area (Å²) in [5, 5.41) is 3.12. The van der Waals surface area contributed by atoms with Gasteiger partial charge in [0.05, 0.1) is 11.7 Å². The number of benzene rings is 1. The zero-order chi connectivity index (χ0) is 14.2. The van der Waals surface area contributed by atoms with Crippen molar-refractivity contribution in [2.75, 3.05) is 0 Å². The molecule has 19 heavy (non-hydrogen) atoms. The molecule has 3 heteroatoms. The molecule has 0 aliphatic heterocycles. The molecule has 0 saturated carbocycles. The van der Waals surface area contributed by atoms with Crippen molar-refractivity contribution in [3.05, 3.63) is 39.7 Å². The molecule has 1 aromatic heterocycles. The van der Waals surface area contributed by atoms with E-state index in [1.807, 2.05) is 0 Å². The van der Waals surface area contributed by atoms with Gasteiger partial charge in [-0.05, 0) is 36.5 Å². The van der Waals surface area contributed by atoms with E-state index in [1.165, 1.54) is 16.7 Å². The van der Waals surface area contributed by atoms with Crippen molar-refractivity contribution >= 4 is 11.3 Å². The van der Waals surface area contributed by atoms with E-state index in [-0.39, 0.29) is 11.5 Å². The summed E-state index contributed by atoms with van der Waals surface area (Å²) in [4.78, 5) is 4.71. The summed E-state index contributed by atoms with van der Waals surface area (Å²) in [5.74, 6) is 0. The monoisotopic (exact) mass is 274 g/mol. The average molecular weight is 274 g/mol. The minimum Gasteiger partial charge on any atom is -0.322 e. The molecule has 0 spiro atoms. The highest BCUT2D eigenvalue weighted by molar-refractivity contribution is 7.10. The number of nitrogens with two attached hydrogens (primary N) is 1. The first-order valence-electron chi connectivity index (χ1n) is 6.57. The minimum absolute atomic E-state index is 0.0159. The standard InChI is InChI=1S/C16H22N2S/c1-10-6-7-12(8-11(10)2)13-9-19-15(18-13)14(17)16(3,4)5/h6-9,14H,17H2,1-5H3. The third kappa shape index (κ3) is 3.04. The Hall–Kier alpha value is -1.19. The van der Waals surface area contributed by atoms with Crippen molar-refractivity contribution in [2.24, 2.45) is 11.1 Å². The van der Waals surface area contributed by atoms with Gasteiger partial charge in [-0.1, -0.05) is 32.9 Å². The van der Waals surface area contributed by atoms with Gasteiger partial charge in [-0.3, -0.25) is 0 Å². The van der Waals surface area contributed by atoms with Crippen molar-refractivity contribution in [3.63, 3.8) is 0 Å². The van der Waals surface area contributed by atoms with Gasteiger partial charge < -0.3 is 5.73 Å². The van der Waals surface area contributed by atoms with Crippen molar-refractivity contribution in [1.29, 1.82) is 0 Å². The van der Waals surface area contributed by atoms with E-state index in [0.717, 1.165) is 10.7 Å². The Balaban J connectivity index is 2.33. The van der Waals surface area contributed by atoms with E-state index in [4.69, 9.17) is 10.7 Å². The van der Waals surface area contributed by atoms with E-state index in [0.29, 0.717) is 0 Å². The molecule has 0 fully saturated rings. The molecule has 2 nitrogen and oxygen atoms in total. The van der Waals surface area contributed by atoms with Crippen LogP contribution in [0.25, 0.3) is 11.3 Å². The molecule has 0 bridgehead atoms. The van der Waals surface area contributed by atoms with Crippen LogP contribution in [0.4, 0.5) is 0 Å². The number of thiazole rings is 1. The second kappa shape index (κ2) is 5.06. The van der Waals surface area contributed by atoms with Crippen LogP contribution in [-0.2, 0) is 0 Å². The lowest BCUT2D eigenvalue weighted by molar-refractivity contribution is 0.326. The predicted molar refractivity (Wildman–Crippen MR) is 83.4 cm³/mol. The molecule has 2 rings (SSSR count). The summed E-state index contributed by atoms with van der Waals surface area (Å²) in [6, 6.07) is 6.45. The van der Waals surface area contributed by atoms with E-state index in [2.05, 4.69) is 58.2 Å². The summed E-state index contributed by atoms with van der Waals surface area (Å²) in [5.41, 5.74) is 11.1. The molecule has 1 aromatic carbocycles. The zero-order valence-corrected chi connectivity index (χ0v) is 13.1. The maximum absolute atomic E-state index is 6.27. The van der Waals surface area contributed by atoms with Gasteiger partial charge in [-0.25, -0.2) is 4.98 Å². The van der Waals surface area contributed by atoms with Crippen LogP contribution in [0, 0.1) is 19.3 Å². The highest BCUT2D eigenvalue weighted by Crippen LogP contribution is 2.34. The largest absolute Gasteiger partial charge is 0.322 e. The van der Waals surface area contributed by atoms with Crippen LogP contribution in [0.3, 0.4) is 0 Å². The summed E-state index contributed by atoms with van der Waals surface area (Å²) < 4.78 is 0. The lowest BCUT2D eigenvalue weighted by atomic mass is 9.88. The maximum Gasteiger partial charge on any atom is 0.111 e. The Labute approximate surface area is 119 Å². The van der Waals surface area contributed by atoms with E-state index in [1.54, 1.807) is 11.3 Å². The summed E-state index contributed by atoms with van der Waals surface area (Å²) >= 11 is 1.65. The van der Waals surface area contributed by atoms with Crippen molar-refractivity contribution < 1.29 is 0 Å². The van der Waals surface area contributed by atoms with Crippen LogP contribution >= 0.6 is 11.3 Å². The number of hydrogen-bond donors (Lipinski definition) is 1. The molecule has 0 aliphatic rings. The van der Waals surface area contributed by atoms with Gasteiger partial charge in [0.1, 0.15) is 5.01 Å². The lowest BCUT2D eigenvalue weighted by Crippen LogP contribution is -2.26. The molecule has 1 unspecified atom stereocenters.